The summed E-state index contributed by atoms with van der Waals surface area (Å²) in [5.74, 6) is -0.545. The molecule has 1 aromatic rings. The van der Waals surface area contributed by atoms with Crippen LogP contribution in [0.2, 0.25) is 0 Å². The number of aromatic nitrogens is 1. The third-order valence-corrected chi connectivity index (χ3v) is 2.99. The minimum atomic E-state index is -0.703. The first-order valence-electron chi connectivity index (χ1n) is 5.33. The Morgan fingerprint density at radius 2 is 2.22 bits per heavy atom. The monoisotopic (exact) mass is 268 g/mol. The molecule has 0 bridgehead atoms. The number of carbonyl (C=O) groups is 2. The molecule has 98 valence electrons. The van der Waals surface area contributed by atoms with Gasteiger partial charge >= 0.3 is 5.97 Å². The van der Waals surface area contributed by atoms with Gasteiger partial charge in [0.2, 0.25) is 0 Å². The van der Waals surface area contributed by atoms with Crippen molar-refractivity contribution < 1.29 is 14.3 Å². The second kappa shape index (κ2) is 5.41. The van der Waals surface area contributed by atoms with E-state index in [4.69, 9.17) is 10.5 Å². The Labute approximate surface area is 110 Å². The lowest BCUT2D eigenvalue weighted by Crippen LogP contribution is -2.28. The van der Waals surface area contributed by atoms with E-state index in [0.29, 0.717) is 16.2 Å². The fraction of sp³-hybridized carbons (Fsp3) is 0.417. The summed E-state index contributed by atoms with van der Waals surface area (Å²) in [6, 6.07) is -0.703. The minimum absolute atomic E-state index is 0.144. The van der Waals surface area contributed by atoms with Crippen LogP contribution in [-0.4, -0.2) is 22.8 Å². The van der Waals surface area contributed by atoms with Crippen LogP contribution in [0.4, 0.5) is 0 Å². The zero-order valence-corrected chi connectivity index (χ0v) is 11.4. The normalized spacial score (nSPS) is 12.9. The standard InChI is InChI=1S/C12H16N2O3S/c1-7(11(16)17-12(2,3)4)10(13)8-5-14-9(6-15)18-8/h5-6,10H,1,13H2,2-4H3. The van der Waals surface area contributed by atoms with Crippen LogP contribution in [0, 0.1) is 0 Å². The third-order valence-electron chi connectivity index (χ3n) is 1.99. The summed E-state index contributed by atoms with van der Waals surface area (Å²) in [5, 5.41) is 0.317. The van der Waals surface area contributed by atoms with E-state index in [1.165, 1.54) is 6.20 Å². The molecule has 1 unspecified atom stereocenters. The summed E-state index contributed by atoms with van der Waals surface area (Å²) in [4.78, 5) is 26.7. The van der Waals surface area contributed by atoms with Crippen LogP contribution in [0.15, 0.2) is 18.3 Å². The number of ether oxygens (including phenoxy) is 1. The second-order valence-electron chi connectivity index (χ2n) is 4.72. The SMILES string of the molecule is C=C(C(=O)OC(C)(C)C)C(N)c1cnc(C=O)s1. The Morgan fingerprint density at radius 3 is 2.67 bits per heavy atom. The number of nitrogens with two attached hydrogens (primary N) is 1. The van der Waals surface area contributed by atoms with Crippen LogP contribution in [0.25, 0.3) is 0 Å². The highest BCUT2D eigenvalue weighted by molar-refractivity contribution is 7.13. The van der Waals surface area contributed by atoms with Crippen LogP contribution in [0.1, 0.15) is 41.5 Å². The Morgan fingerprint density at radius 1 is 1.61 bits per heavy atom. The van der Waals surface area contributed by atoms with E-state index in [1.807, 2.05) is 0 Å². The van der Waals surface area contributed by atoms with Crippen molar-refractivity contribution in [2.45, 2.75) is 32.4 Å². The van der Waals surface area contributed by atoms with E-state index in [1.54, 1.807) is 20.8 Å². The highest BCUT2D eigenvalue weighted by Crippen LogP contribution is 2.25. The molecule has 6 heteroatoms. The first-order valence-corrected chi connectivity index (χ1v) is 6.15. The summed E-state index contributed by atoms with van der Waals surface area (Å²) in [5.41, 5.74) is 5.43. The predicted molar refractivity (Wildman–Crippen MR) is 69.4 cm³/mol. The van der Waals surface area contributed by atoms with E-state index < -0.39 is 17.6 Å². The second-order valence-corrected chi connectivity index (χ2v) is 5.82. The zero-order valence-electron chi connectivity index (χ0n) is 10.6. The van der Waals surface area contributed by atoms with Crippen LogP contribution in [0.5, 0.6) is 0 Å². The van der Waals surface area contributed by atoms with Gasteiger partial charge in [0.05, 0.1) is 11.6 Å². The van der Waals surface area contributed by atoms with Crippen LogP contribution < -0.4 is 5.73 Å². The van der Waals surface area contributed by atoms with Crippen molar-refractivity contribution in [2.75, 3.05) is 0 Å². The molecule has 0 aromatic carbocycles. The number of rotatable bonds is 4. The zero-order chi connectivity index (χ0) is 13.9. The van der Waals surface area contributed by atoms with Crippen LogP contribution in [-0.2, 0) is 9.53 Å². The van der Waals surface area contributed by atoms with E-state index >= 15 is 0 Å². The van der Waals surface area contributed by atoms with Crippen molar-refractivity contribution in [3.05, 3.63) is 28.2 Å². The number of thiazole rings is 1. The molecule has 0 radical (unpaired) electrons. The lowest BCUT2D eigenvalue weighted by atomic mass is 10.1. The number of carbonyl (C=O) groups excluding carboxylic acids is 2. The molecule has 5 nitrogen and oxygen atoms in total. The molecule has 0 saturated heterocycles. The lowest BCUT2D eigenvalue weighted by molar-refractivity contribution is -0.150. The van der Waals surface area contributed by atoms with Crippen LogP contribution in [0.3, 0.4) is 0 Å². The minimum Gasteiger partial charge on any atom is -0.457 e. The highest BCUT2D eigenvalue weighted by atomic mass is 32.1. The van der Waals surface area contributed by atoms with Gasteiger partial charge in [-0.3, -0.25) is 4.79 Å². The molecular weight excluding hydrogens is 252 g/mol. The molecule has 2 N–H and O–H groups in total. The molecule has 0 amide bonds. The molecule has 1 rings (SSSR count). The molecular formula is C12H16N2O3S. The number of hydrogen-bond donors (Lipinski definition) is 1. The molecule has 0 aliphatic carbocycles. The summed E-state index contributed by atoms with van der Waals surface area (Å²) >= 11 is 1.13. The van der Waals surface area contributed by atoms with Gasteiger partial charge in [-0.2, -0.15) is 0 Å². The first kappa shape index (κ1) is 14.5. The molecule has 1 heterocycles. The molecule has 1 aromatic heterocycles. The van der Waals surface area contributed by atoms with Crippen molar-refractivity contribution in [2.24, 2.45) is 5.73 Å². The van der Waals surface area contributed by atoms with Gasteiger partial charge in [0.25, 0.3) is 0 Å². The van der Waals surface area contributed by atoms with E-state index in [-0.39, 0.29) is 5.57 Å². The van der Waals surface area contributed by atoms with E-state index in [9.17, 15) is 9.59 Å². The van der Waals surface area contributed by atoms with Gasteiger partial charge in [-0.15, -0.1) is 11.3 Å². The smallest absolute Gasteiger partial charge is 0.335 e. The van der Waals surface area contributed by atoms with Gasteiger partial charge in [-0.05, 0) is 20.8 Å². The average molecular weight is 268 g/mol. The summed E-state index contributed by atoms with van der Waals surface area (Å²) in [7, 11) is 0. The lowest BCUT2D eigenvalue weighted by Gasteiger charge is -2.21. The van der Waals surface area contributed by atoms with Crippen molar-refractivity contribution in [3.63, 3.8) is 0 Å². The van der Waals surface area contributed by atoms with Gasteiger partial charge in [-0.1, -0.05) is 6.58 Å². The first-order chi connectivity index (χ1) is 8.24. The van der Waals surface area contributed by atoms with Crippen molar-refractivity contribution in [1.29, 1.82) is 0 Å². The quantitative estimate of drug-likeness (QED) is 0.512. The Bertz CT molecular complexity index is 474. The molecule has 0 aliphatic heterocycles. The number of hydrogen-bond acceptors (Lipinski definition) is 6. The van der Waals surface area contributed by atoms with E-state index in [0.717, 1.165) is 11.3 Å². The predicted octanol–water partition coefficient (Wildman–Crippen LogP) is 1.85. The molecule has 0 aliphatic rings. The summed E-state index contributed by atoms with van der Waals surface area (Å²) in [6.45, 7) is 8.94. The average Bonchev–Trinajstić information content (AvgIpc) is 2.73. The number of aldehydes is 1. The maximum Gasteiger partial charge on any atom is 0.335 e. The van der Waals surface area contributed by atoms with Gasteiger partial charge in [-0.25, -0.2) is 9.78 Å². The fourth-order valence-corrected chi connectivity index (χ4v) is 1.91. The molecule has 18 heavy (non-hydrogen) atoms. The molecule has 0 spiro atoms. The van der Waals surface area contributed by atoms with Gasteiger partial charge in [0.15, 0.2) is 11.3 Å². The van der Waals surface area contributed by atoms with Crippen LogP contribution >= 0.6 is 11.3 Å². The number of esters is 1. The van der Waals surface area contributed by atoms with Crippen molar-refractivity contribution in [1.82, 2.24) is 4.98 Å². The maximum atomic E-state index is 11.8. The molecule has 0 fully saturated rings. The van der Waals surface area contributed by atoms with Crippen molar-refractivity contribution in [3.8, 4) is 0 Å². The Hall–Kier alpha value is -1.53. The highest BCUT2D eigenvalue weighted by Gasteiger charge is 2.24. The summed E-state index contributed by atoms with van der Waals surface area (Å²) in [6.07, 6.45) is 2.10. The fourth-order valence-electron chi connectivity index (χ4n) is 1.14. The van der Waals surface area contributed by atoms with Gasteiger partial charge in [0, 0.05) is 11.1 Å². The third kappa shape index (κ3) is 3.75. The number of nitrogens with zero attached hydrogens (tertiary/aromatic N) is 1. The molecule has 1 atom stereocenters. The topological polar surface area (TPSA) is 82.3 Å². The van der Waals surface area contributed by atoms with E-state index in [2.05, 4.69) is 11.6 Å². The van der Waals surface area contributed by atoms with Gasteiger partial charge < -0.3 is 10.5 Å². The van der Waals surface area contributed by atoms with Crippen molar-refractivity contribution >= 4 is 23.6 Å². The largest absolute Gasteiger partial charge is 0.457 e. The summed E-state index contributed by atoms with van der Waals surface area (Å²) < 4.78 is 5.17. The molecule has 0 saturated carbocycles. The Kier molecular flexibility index (Phi) is 4.37. The Balaban J connectivity index is 2.77. The van der Waals surface area contributed by atoms with Gasteiger partial charge in [0.1, 0.15) is 5.60 Å². The maximum absolute atomic E-state index is 11.8.